The van der Waals surface area contributed by atoms with Crippen molar-refractivity contribution in [2.24, 2.45) is 0 Å². The minimum atomic E-state index is -0.223. The van der Waals surface area contributed by atoms with E-state index in [9.17, 15) is 4.39 Å². The second-order valence-electron chi connectivity index (χ2n) is 5.71. The van der Waals surface area contributed by atoms with E-state index in [-0.39, 0.29) is 5.82 Å². The van der Waals surface area contributed by atoms with Crippen molar-refractivity contribution in [1.82, 2.24) is 19.9 Å². The summed E-state index contributed by atoms with van der Waals surface area (Å²) in [6.07, 6.45) is 6.55. The Morgan fingerprint density at radius 3 is 2.86 bits per heavy atom. The van der Waals surface area contributed by atoms with Crippen LogP contribution >= 0.6 is 0 Å². The van der Waals surface area contributed by atoms with E-state index >= 15 is 0 Å². The van der Waals surface area contributed by atoms with Gasteiger partial charge in [-0.25, -0.2) is 14.4 Å². The zero-order chi connectivity index (χ0) is 15.4. The number of hydrogen-bond acceptors (Lipinski definition) is 5. The monoisotopic (exact) mass is 301 g/mol. The molecule has 0 spiro atoms. The van der Waals surface area contributed by atoms with Crippen molar-refractivity contribution in [1.29, 1.82) is 0 Å². The van der Waals surface area contributed by atoms with Crippen molar-refractivity contribution < 1.29 is 4.39 Å². The normalized spacial score (nSPS) is 16.6. The van der Waals surface area contributed by atoms with E-state index in [0.29, 0.717) is 18.2 Å². The third-order valence-electron chi connectivity index (χ3n) is 3.99. The lowest BCUT2D eigenvalue weighted by atomic mass is 10.0. The van der Waals surface area contributed by atoms with E-state index in [1.807, 2.05) is 13.0 Å². The minimum Gasteiger partial charge on any atom is -0.367 e. The summed E-state index contributed by atoms with van der Waals surface area (Å²) in [6, 6.07) is 4.12. The molecule has 3 heterocycles. The van der Waals surface area contributed by atoms with E-state index in [0.717, 1.165) is 37.4 Å². The maximum absolute atomic E-state index is 13.6. The van der Waals surface area contributed by atoms with E-state index in [1.165, 1.54) is 6.20 Å². The van der Waals surface area contributed by atoms with Crippen LogP contribution in [0.1, 0.15) is 24.1 Å². The number of anilines is 1. The lowest BCUT2D eigenvalue weighted by Gasteiger charge is -2.32. The molecule has 1 N–H and O–H groups in total. The summed E-state index contributed by atoms with van der Waals surface area (Å²) >= 11 is 0. The second kappa shape index (κ2) is 6.79. The Morgan fingerprint density at radius 2 is 2.14 bits per heavy atom. The van der Waals surface area contributed by atoms with Gasteiger partial charge in [-0.05, 0) is 25.8 Å². The van der Waals surface area contributed by atoms with Crippen LogP contribution < -0.4 is 5.32 Å². The zero-order valence-electron chi connectivity index (χ0n) is 12.7. The van der Waals surface area contributed by atoms with E-state index < -0.39 is 0 Å². The first-order chi connectivity index (χ1) is 10.7. The fourth-order valence-electron chi connectivity index (χ4n) is 2.75. The van der Waals surface area contributed by atoms with Crippen molar-refractivity contribution in [3.05, 3.63) is 47.9 Å². The predicted molar refractivity (Wildman–Crippen MR) is 82.9 cm³/mol. The molecule has 1 saturated heterocycles. The summed E-state index contributed by atoms with van der Waals surface area (Å²) in [7, 11) is 0. The molecule has 0 radical (unpaired) electrons. The molecule has 116 valence electrons. The lowest BCUT2D eigenvalue weighted by molar-refractivity contribution is 0.208. The van der Waals surface area contributed by atoms with Gasteiger partial charge in [0.25, 0.3) is 0 Å². The summed E-state index contributed by atoms with van der Waals surface area (Å²) in [6.45, 7) is 4.50. The first-order valence-corrected chi connectivity index (χ1v) is 7.56. The Labute approximate surface area is 129 Å². The molecule has 1 fully saturated rings. The van der Waals surface area contributed by atoms with Gasteiger partial charge in [-0.2, -0.15) is 0 Å². The van der Waals surface area contributed by atoms with Gasteiger partial charge in [-0.3, -0.25) is 9.88 Å². The molecule has 1 aliphatic heterocycles. The number of nitrogens with one attached hydrogen (secondary N) is 1. The van der Waals surface area contributed by atoms with Gasteiger partial charge in [0.05, 0.1) is 6.20 Å². The highest BCUT2D eigenvalue weighted by molar-refractivity contribution is 5.35. The van der Waals surface area contributed by atoms with Crippen molar-refractivity contribution in [2.45, 2.75) is 32.4 Å². The molecule has 0 bridgehead atoms. The number of aromatic nitrogens is 3. The molecule has 22 heavy (non-hydrogen) atoms. The highest BCUT2D eigenvalue weighted by Gasteiger charge is 2.20. The number of rotatable bonds is 4. The standard InChI is InChI=1S/C16H20FN5/c1-12-8-16(20-11-19-12)21-14-3-6-22(7-4-14)10-13-2-5-18-9-15(13)17/h2,5,8-9,11,14H,3-4,6-7,10H2,1H3,(H,19,20,21). The largest absolute Gasteiger partial charge is 0.367 e. The summed E-state index contributed by atoms with van der Waals surface area (Å²) in [5.74, 6) is 0.658. The molecule has 0 amide bonds. The maximum atomic E-state index is 13.6. The summed E-state index contributed by atoms with van der Waals surface area (Å²) < 4.78 is 13.6. The summed E-state index contributed by atoms with van der Waals surface area (Å²) in [4.78, 5) is 14.4. The van der Waals surface area contributed by atoms with Crippen molar-refractivity contribution in [2.75, 3.05) is 18.4 Å². The Morgan fingerprint density at radius 1 is 1.32 bits per heavy atom. The van der Waals surface area contributed by atoms with Gasteiger partial charge >= 0.3 is 0 Å². The third kappa shape index (κ3) is 3.76. The SMILES string of the molecule is Cc1cc(NC2CCN(Cc3ccncc3F)CC2)ncn1. The smallest absolute Gasteiger partial charge is 0.145 e. The van der Waals surface area contributed by atoms with Crippen molar-refractivity contribution in [3.8, 4) is 0 Å². The molecule has 5 nitrogen and oxygen atoms in total. The van der Waals surface area contributed by atoms with E-state index in [4.69, 9.17) is 0 Å². The third-order valence-corrected chi connectivity index (χ3v) is 3.99. The van der Waals surface area contributed by atoms with Crippen LogP contribution in [0.25, 0.3) is 0 Å². The average molecular weight is 301 g/mol. The molecule has 3 rings (SSSR count). The summed E-state index contributed by atoms with van der Waals surface area (Å²) in [5.41, 5.74) is 1.68. The molecule has 2 aromatic heterocycles. The fourth-order valence-corrected chi connectivity index (χ4v) is 2.75. The van der Waals surface area contributed by atoms with Gasteiger partial charge < -0.3 is 5.32 Å². The number of hydrogen-bond donors (Lipinski definition) is 1. The highest BCUT2D eigenvalue weighted by atomic mass is 19.1. The van der Waals surface area contributed by atoms with Crippen molar-refractivity contribution >= 4 is 5.82 Å². The van der Waals surface area contributed by atoms with Crippen molar-refractivity contribution in [3.63, 3.8) is 0 Å². The number of likely N-dealkylation sites (tertiary alicyclic amines) is 1. The predicted octanol–water partition coefficient (Wildman–Crippen LogP) is 2.40. The first-order valence-electron chi connectivity index (χ1n) is 7.56. The van der Waals surface area contributed by atoms with E-state index in [1.54, 1.807) is 18.6 Å². The molecule has 0 saturated carbocycles. The maximum Gasteiger partial charge on any atom is 0.145 e. The van der Waals surface area contributed by atoms with Gasteiger partial charge in [0.1, 0.15) is 18.0 Å². The summed E-state index contributed by atoms with van der Waals surface area (Å²) in [5, 5.41) is 3.46. The number of piperidine rings is 1. The van der Waals surface area contributed by atoms with Crippen LogP contribution in [0.4, 0.5) is 10.2 Å². The van der Waals surface area contributed by atoms with Crippen LogP contribution in [0.3, 0.4) is 0 Å². The Kier molecular flexibility index (Phi) is 4.58. The molecule has 1 aliphatic rings. The molecule has 6 heteroatoms. The van der Waals surface area contributed by atoms with Gasteiger partial charge in [0.2, 0.25) is 0 Å². The Hall–Kier alpha value is -2.08. The molecule has 0 aliphatic carbocycles. The Bertz CT molecular complexity index is 625. The van der Waals surface area contributed by atoms with Crippen LogP contribution in [-0.2, 0) is 6.54 Å². The number of aryl methyl sites for hydroxylation is 1. The number of pyridine rings is 1. The van der Waals surface area contributed by atoms with Crippen LogP contribution in [-0.4, -0.2) is 39.0 Å². The lowest BCUT2D eigenvalue weighted by Crippen LogP contribution is -2.39. The fraction of sp³-hybridized carbons (Fsp3) is 0.438. The minimum absolute atomic E-state index is 0.223. The highest BCUT2D eigenvalue weighted by Crippen LogP contribution is 2.18. The van der Waals surface area contributed by atoms with E-state index in [2.05, 4.69) is 25.2 Å². The second-order valence-corrected chi connectivity index (χ2v) is 5.71. The van der Waals surface area contributed by atoms with Crippen LogP contribution in [0.15, 0.2) is 30.9 Å². The molecule has 0 aromatic carbocycles. The molecular weight excluding hydrogens is 281 g/mol. The van der Waals surface area contributed by atoms with Gasteiger partial charge in [0.15, 0.2) is 0 Å². The topological polar surface area (TPSA) is 53.9 Å². The molecule has 0 atom stereocenters. The van der Waals surface area contributed by atoms with Crippen LogP contribution in [0.5, 0.6) is 0 Å². The first kappa shape index (κ1) is 14.8. The van der Waals surface area contributed by atoms with Crippen LogP contribution in [0.2, 0.25) is 0 Å². The van der Waals surface area contributed by atoms with Gasteiger partial charge in [-0.1, -0.05) is 0 Å². The molecular formula is C16H20FN5. The molecule has 0 unspecified atom stereocenters. The Balaban J connectivity index is 1.51. The van der Waals surface area contributed by atoms with Crippen LogP contribution in [0, 0.1) is 12.7 Å². The zero-order valence-corrected chi connectivity index (χ0v) is 12.7. The average Bonchev–Trinajstić information content (AvgIpc) is 2.52. The molecule has 2 aromatic rings. The quantitative estimate of drug-likeness (QED) is 0.940. The number of nitrogens with zero attached hydrogens (tertiary/aromatic N) is 4. The van der Waals surface area contributed by atoms with Gasteiger partial charge in [-0.15, -0.1) is 0 Å². The van der Waals surface area contributed by atoms with Gasteiger partial charge in [0, 0.05) is 49.2 Å². The number of halogens is 1.